The predicted molar refractivity (Wildman–Crippen MR) is 123 cm³/mol. The van der Waals surface area contributed by atoms with Crippen LogP contribution in [0.3, 0.4) is 0 Å². The number of ether oxygens (including phenoxy) is 2. The highest BCUT2D eigenvalue weighted by Gasteiger charge is 2.53. The van der Waals surface area contributed by atoms with E-state index >= 15 is 0 Å². The SMILES string of the molecule is CC1(C)OB(c2ccc(NS(=O)(=O)c3ccc4ccccc4c3)c3c2OCO3)OC1(C)C. The summed E-state index contributed by atoms with van der Waals surface area (Å²) in [5, 5.41) is 1.81. The van der Waals surface area contributed by atoms with Gasteiger partial charge in [0.05, 0.1) is 21.8 Å². The fourth-order valence-electron chi connectivity index (χ4n) is 3.79. The molecule has 32 heavy (non-hydrogen) atoms. The molecule has 0 saturated carbocycles. The average Bonchev–Trinajstić information content (AvgIpc) is 3.30. The number of sulfonamides is 1. The summed E-state index contributed by atoms with van der Waals surface area (Å²) in [7, 11) is -4.49. The average molecular weight is 453 g/mol. The van der Waals surface area contributed by atoms with E-state index in [0.29, 0.717) is 22.6 Å². The third-order valence-corrected chi connectivity index (χ3v) is 7.70. The number of nitrogens with one attached hydrogen (secondary N) is 1. The van der Waals surface area contributed by atoms with E-state index in [0.717, 1.165) is 10.8 Å². The lowest BCUT2D eigenvalue weighted by molar-refractivity contribution is 0.00578. The van der Waals surface area contributed by atoms with Gasteiger partial charge in [-0.25, -0.2) is 8.42 Å². The third-order valence-electron chi connectivity index (χ3n) is 6.33. The van der Waals surface area contributed by atoms with Crippen molar-refractivity contribution in [3.8, 4) is 11.5 Å². The molecule has 0 atom stereocenters. The van der Waals surface area contributed by atoms with Crippen LogP contribution in [0.25, 0.3) is 10.8 Å². The van der Waals surface area contributed by atoms with Crippen LogP contribution in [0, 0.1) is 0 Å². The number of rotatable bonds is 4. The molecule has 0 radical (unpaired) electrons. The number of fused-ring (bicyclic) bond motifs is 2. The van der Waals surface area contributed by atoms with Crippen LogP contribution < -0.4 is 19.7 Å². The fourth-order valence-corrected chi connectivity index (χ4v) is 4.89. The molecule has 0 aromatic heterocycles. The Morgan fingerprint density at radius 1 is 0.844 bits per heavy atom. The zero-order valence-corrected chi connectivity index (χ0v) is 19.2. The van der Waals surface area contributed by atoms with Gasteiger partial charge < -0.3 is 18.8 Å². The molecular weight excluding hydrogens is 429 g/mol. The summed E-state index contributed by atoms with van der Waals surface area (Å²) >= 11 is 0. The van der Waals surface area contributed by atoms with Crippen molar-refractivity contribution in [2.75, 3.05) is 11.5 Å². The van der Waals surface area contributed by atoms with Gasteiger partial charge in [-0.15, -0.1) is 0 Å². The second kappa shape index (κ2) is 7.13. The minimum Gasteiger partial charge on any atom is -0.454 e. The number of hydrogen-bond acceptors (Lipinski definition) is 6. The van der Waals surface area contributed by atoms with Crippen LogP contribution in [0.1, 0.15) is 27.7 Å². The van der Waals surface area contributed by atoms with Gasteiger partial charge in [0.1, 0.15) is 0 Å². The summed E-state index contributed by atoms with van der Waals surface area (Å²) in [5.41, 5.74) is -0.0727. The summed E-state index contributed by atoms with van der Waals surface area (Å²) in [6, 6.07) is 16.0. The normalized spacial score (nSPS) is 18.8. The lowest BCUT2D eigenvalue weighted by atomic mass is 9.78. The van der Waals surface area contributed by atoms with E-state index in [4.69, 9.17) is 18.8 Å². The summed E-state index contributed by atoms with van der Waals surface area (Å²) in [4.78, 5) is 0.166. The maximum absolute atomic E-state index is 13.1. The van der Waals surface area contributed by atoms with Gasteiger partial charge in [0.2, 0.25) is 6.79 Å². The van der Waals surface area contributed by atoms with Crippen LogP contribution in [-0.4, -0.2) is 33.5 Å². The summed E-state index contributed by atoms with van der Waals surface area (Å²) in [6.07, 6.45) is 0. The van der Waals surface area contributed by atoms with Crippen molar-refractivity contribution >= 4 is 39.1 Å². The molecule has 1 N–H and O–H groups in total. The summed E-state index contributed by atoms with van der Waals surface area (Å²) in [6.45, 7) is 7.86. The van der Waals surface area contributed by atoms with Crippen LogP contribution in [0.2, 0.25) is 0 Å². The standard InChI is InChI=1S/C23H24BNO6S/c1-22(2)23(3,4)31-24(30-22)18-11-12-19(21-20(18)28-14-29-21)25-32(26,27)17-10-9-15-7-5-6-8-16(15)13-17/h5-13,25H,14H2,1-4H3. The molecule has 3 aromatic carbocycles. The second-order valence-corrected chi connectivity index (χ2v) is 10.7. The second-order valence-electron chi connectivity index (χ2n) is 8.97. The summed E-state index contributed by atoms with van der Waals surface area (Å²) in [5.74, 6) is 0.740. The van der Waals surface area contributed by atoms with E-state index in [2.05, 4.69) is 4.72 Å². The highest BCUT2D eigenvalue weighted by Crippen LogP contribution is 2.42. The Balaban J connectivity index is 1.48. The van der Waals surface area contributed by atoms with Crippen LogP contribution in [0.15, 0.2) is 59.5 Å². The molecule has 0 aliphatic carbocycles. The number of anilines is 1. The molecule has 1 fully saturated rings. The van der Waals surface area contributed by atoms with Crippen molar-refractivity contribution in [1.82, 2.24) is 0 Å². The largest absolute Gasteiger partial charge is 0.498 e. The molecule has 1 saturated heterocycles. The molecule has 2 aliphatic rings. The lowest BCUT2D eigenvalue weighted by Gasteiger charge is -2.32. The number of benzene rings is 3. The van der Waals surface area contributed by atoms with Gasteiger partial charge >= 0.3 is 7.12 Å². The molecule has 2 heterocycles. The first-order valence-electron chi connectivity index (χ1n) is 10.4. The Labute approximate surface area is 187 Å². The Morgan fingerprint density at radius 2 is 1.50 bits per heavy atom. The monoisotopic (exact) mass is 453 g/mol. The molecule has 0 bridgehead atoms. The van der Waals surface area contributed by atoms with E-state index in [9.17, 15) is 8.42 Å². The predicted octanol–water partition coefficient (Wildman–Crippen LogP) is 3.67. The smallest absolute Gasteiger partial charge is 0.454 e. The van der Waals surface area contributed by atoms with Gasteiger partial charge in [0, 0.05) is 5.46 Å². The Hall–Kier alpha value is -2.75. The molecular formula is C23H24BNO6S. The minimum absolute atomic E-state index is 0.0173. The van der Waals surface area contributed by atoms with E-state index in [1.165, 1.54) is 0 Å². The molecule has 9 heteroatoms. The van der Waals surface area contributed by atoms with Gasteiger partial charge in [0.15, 0.2) is 11.5 Å². The fraction of sp³-hybridized carbons (Fsp3) is 0.304. The maximum Gasteiger partial charge on any atom is 0.498 e. The van der Waals surface area contributed by atoms with E-state index in [-0.39, 0.29) is 11.7 Å². The van der Waals surface area contributed by atoms with Crippen LogP contribution in [0.4, 0.5) is 5.69 Å². The van der Waals surface area contributed by atoms with E-state index in [1.807, 2.05) is 52.0 Å². The Morgan fingerprint density at radius 3 is 2.22 bits per heavy atom. The molecule has 0 spiro atoms. The van der Waals surface area contributed by atoms with E-state index < -0.39 is 28.3 Å². The highest BCUT2D eigenvalue weighted by atomic mass is 32.2. The molecule has 166 valence electrons. The Bertz CT molecular complexity index is 1310. The highest BCUT2D eigenvalue weighted by molar-refractivity contribution is 7.92. The molecule has 2 aliphatic heterocycles. The van der Waals surface area contributed by atoms with Gasteiger partial charge in [-0.3, -0.25) is 4.72 Å². The van der Waals surface area contributed by atoms with Crippen LogP contribution >= 0.6 is 0 Å². The van der Waals surface area contributed by atoms with Crippen molar-refractivity contribution in [2.45, 2.75) is 43.8 Å². The van der Waals surface area contributed by atoms with Gasteiger partial charge in [-0.1, -0.05) is 36.4 Å². The van der Waals surface area contributed by atoms with Gasteiger partial charge in [0.25, 0.3) is 10.0 Å². The number of hydrogen-bond donors (Lipinski definition) is 1. The van der Waals surface area contributed by atoms with E-state index in [1.54, 1.807) is 30.3 Å². The Kier molecular flexibility index (Phi) is 4.71. The third kappa shape index (κ3) is 3.41. The zero-order chi connectivity index (χ0) is 22.7. The molecule has 0 amide bonds. The van der Waals surface area contributed by atoms with Crippen molar-refractivity contribution in [3.05, 3.63) is 54.6 Å². The van der Waals surface area contributed by atoms with Crippen molar-refractivity contribution in [1.29, 1.82) is 0 Å². The molecule has 7 nitrogen and oxygen atoms in total. The van der Waals surface area contributed by atoms with Crippen molar-refractivity contribution in [3.63, 3.8) is 0 Å². The van der Waals surface area contributed by atoms with Gasteiger partial charge in [-0.2, -0.15) is 0 Å². The van der Waals surface area contributed by atoms with Crippen molar-refractivity contribution < 1.29 is 27.2 Å². The zero-order valence-electron chi connectivity index (χ0n) is 18.3. The summed E-state index contributed by atoms with van der Waals surface area (Å²) < 4.78 is 52.4. The topological polar surface area (TPSA) is 83.1 Å². The first-order valence-corrected chi connectivity index (χ1v) is 11.9. The molecule has 3 aromatic rings. The minimum atomic E-state index is -3.84. The quantitative estimate of drug-likeness (QED) is 0.608. The first-order chi connectivity index (χ1) is 15.1. The lowest BCUT2D eigenvalue weighted by Crippen LogP contribution is -2.41. The molecule has 5 rings (SSSR count). The molecule has 0 unspecified atom stereocenters. The van der Waals surface area contributed by atoms with Crippen molar-refractivity contribution in [2.24, 2.45) is 0 Å². The first kappa shape index (κ1) is 21.1. The van der Waals surface area contributed by atoms with Crippen LogP contribution in [0.5, 0.6) is 11.5 Å². The van der Waals surface area contributed by atoms with Gasteiger partial charge in [-0.05, 0) is 56.7 Å². The van der Waals surface area contributed by atoms with Crippen LogP contribution in [-0.2, 0) is 19.3 Å². The maximum atomic E-state index is 13.1.